The number of thiazole rings is 2. The second-order valence-electron chi connectivity index (χ2n) is 5.25. The van der Waals surface area contributed by atoms with Gasteiger partial charge in [-0.3, -0.25) is 10.1 Å². The van der Waals surface area contributed by atoms with E-state index in [1.54, 1.807) is 0 Å². The summed E-state index contributed by atoms with van der Waals surface area (Å²) in [6.07, 6.45) is 1.26. The molecule has 11 heteroatoms. The zero-order valence-corrected chi connectivity index (χ0v) is 15.6. The number of hydrogen-bond donors (Lipinski definition) is 2. The molecule has 0 amide bonds. The molecule has 0 aliphatic heterocycles. The van der Waals surface area contributed by atoms with Gasteiger partial charge in [-0.2, -0.15) is 0 Å². The van der Waals surface area contributed by atoms with Gasteiger partial charge in [-0.15, -0.1) is 22.7 Å². The van der Waals surface area contributed by atoms with E-state index >= 15 is 0 Å². The van der Waals surface area contributed by atoms with Crippen LogP contribution in [0, 0.1) is 37.8 Å². The summed E-state index contributed by atoms with van der Waals surface area (Å²) in [4.78, 5) is 29.8. The van der Waals surface area contributed by atoms with Gasteiger partial charge in [0.2, 0.25) is 11.6 Å². The van der Waals surface area contributed by atoms with Crippen LogP contribution in [0.1, 0.15) is 21.1 Å². The van der Waals surface area contributed by atoms with Crippen LogP contribution in [-0.2, 0) is 0 Å². The fraction of sp³-hybridized carbons (Fsp3) is 0.286. The van der Waals surface area contributed by atoms with Crippen LogP contribution in [0.4, 0.5) is 27.6 Å². The Morgan fingerprint density at radius 2 is 1.36 bits per heavy atom. The SMILES string of the molecule is Cc1nc(Nc2ncnc(Nc3nc(C)c(C)s3)c2[N+](=O)[O-])sc1C. The van der Waals surface area contributed by atoms with E-state index in [1.165, 1.54) is 29.0 Å². The van der Waals surface area contributed by atoms with E-state index in [0.717, 1.165) is 21.1 Å². The standard InChI is InChI=1S/C14H15N7O2S2/c1-6-8(3)24-13(17-6)19-11-10(21(22)23)12(16-5-15-11)20-14-18-7(2)9(4)25-14/h5H,1-4H3,(H2,15,16,17,18,19,20). The lowest BCUT2D eigenvalue weighted by Gasteiger charge is -2.07. The van der Waals surface area contributed by atoms with E-state index < -0.39 is 4.92 Å². The molecule has 0 unspecified atom stereocenters. The van der Waals surface area contributed by atoms with Crippen molar-refractivity contribution in [3.63, 3.8) is 0 Å². The van der Waals surface area contributed by atoms with E-state index in [0.29, 0.717) is 10.3 Å². The van der Waals surface area contributed by atoms with Crippen molar-refractivity contribution in [2.75, 3.05) is 10.6 Å². The second kappa shape index (κ2) is 6.69. The Morgan fingerprint density at radius 1 is 0.920 bits per heavy atom. The van der Waals surface area contributed by atoms with Crippen LogP contribution in [0.3, 0.4) is 0 Å². The summed E-state index contributed by atoms with van der Waals surface area (Å²) < 4.78 is 0. The third kappa shape index (κ3) is 3.56. The molecule has 0 radical (unpaired) electrons. The van der Waals surface area contributed by atoms with Crippen molar-refractivity contribution in [3.8, 4) is 0 Å². The average molecular weight is 377 g/mol. The molecule has 3 heterocycles. The first kappa shape index (κ1) is 17.2. The van der Waals surface area contributed by atoms with Crippen LogP contribution < -0.4 is 10.6 Å². The van der Waals surface area contributed by atoms with E-state index in [2.05, 4.69) is 30.6 Å². The highest BCUT2D eigenvalue weighted by Crippen LogP contribution is 2.35. The number of anilines is 4. The van der Waals surface area contributed by atoms with Gasteiger partial charge >= 0.3 is 5.69 Å². The zero-order valence-electron chi connectivity index (χ0n) is 13.9. The Morgan fingerprint density at radius 3 is 1.68 bits per heavy atom. The fourth-order valence-electron chi connectivity index (χ4n) is 1.99. The van der Waals surface area contributed by atoms with Crippen molar-refractivity contribution < 1.29 is 4.92 Å². The average Bonchev–Trinajstić information content (AvgIpc) is 3.01. The topological polar surface area (TPSA) is 119 Å². The highest BCUT2D eigenvalue weighted by Gasteiger charge is 2.25. The lowest BCUT2D eigenvalue weighted by atomic mass is 10.4. The first-order chi connectivity index (χ1) is 11.8. The summed E-state index contributed by atoms with van der Waals surface area (Å²) in [5.74, 6) is 0.169. The highest BCUT2D eigenvalue weighted by molar-refractivity contribution is 7.16. The Balaban J connectivity index is 1.97. The number of hydrogen-bond acceptors (Lipinski definition) is 10. The lowest BCUT2D eigenvalue weighted by Crippen LogP contribution is -2.05. The largest absolute Gasteiger partial charge is 0.354 e. The lowest BCUT2D eigenvalue weighted by molar-refractivity contribution is -0.383. The van der Waals surface area contributed by atoms with E-state index in [4.69, 9.17) is 0 Å². The van der Waals surface area contributed by atoms with Gasteiger partial charge in [0.15, 0.2) is 10.3 Å². The van der Waals surface area contributed by atoms with Crippen LogP contribution >= 0.6 is 22.7 Å². The molecule has 9 nitrogen and oxygen atoms in total. The molecule has 0 saturated heterocycles. The number of nitrogens with zero attached hydrogens (tertiary/aromatic N) is 5. The Kier molecular flexibility index (Phi) is 4.59. The Labute approximate surface area is 151 Å². The summed E-state index contributed by atoms with van der Waals surface area (Å²) in [6.45, 7) is 7.64. The van der Waals surface area contributed by atoms with Gasteiger partial charge in [-0.1, -0.05) is 0 Å². The number of nitrogens with one attached hydrogen (secondary N) is 2. The number of nitro groups is 1. The molecule has 0 aliphatic rings. The van der Waals surface area contributed by atoms with Crippen LogP contribution in [0.5, 0.6) is 0 Å². The van der Waals surface area contributed by atoms with E-state index in [1.807, 2.05) is 27.7 Å². The normalized spacial score (nSPS) is 10.7. The van der Waals surface area contributed by atoms with Gasteiger partial charge in [0.25, 0.3) is 0 Å². The molecule has 0 fully saturated rings. The van der Waals surface area contributed by atoms with Gasteiger partial charge in [0.1, 0.15) is 6.33 Å². The molecule has 0 atom stereocenters. The molecule has 0 aliphatic carbocycles. The molecule has 0 bridgehead atoms. The third-order valence-corrected chi connectivity index (χ3v) is 5.49. The number of aryl methyl sites for hydroxylation is 4. The first-order valence-electron chi connectivity index (χ1n) is 7.26. The predicted octanol–water partition coefficient (Wildman–Crippen LogP) is 4.02. The maximum Gasteiger partial charge on any atom is 0.354 e. The first-order valence-corrected chi connectivity index (χ1v) is 8.90. The quantitative estimate of drug-likeness (QED) is 0.505. The molecule has 0 spiro atoms. The van der Waals surface area contributed by atoms with Crippen molar-refractivity contribution in [1.82, 2.24) is 19.9 Å². The molecule has 130 valence electrons. The summed E-state index contributed by atoms with van der Waals surface area (Å²) in [6, 6.07) is 0. The second-order valence-corrected chi connectivity index (χ2v) is 7.65. The molecule has 3 aromatic heterocycles. The minimum absolute atomic E-state index is 0.0845. The van der Waals surface area contributed by atoms with E-state index in [-0.39, 0.29) is 17.3 Å². The van der Waals surface area contributed by atoms with Crippen LogP contribution in [0.15, 0.2) is 6.33 Å². The number of rotatable bonds is 5. The summed E-state index contributed by atoms with van der Waals surface area (Å²) >= 11 is 2.82. The molecular weight excluding hydrogens is 362 g/mol. The van der Waals surface area contributed by atoms with Gasteiger partial charge in [-0.05, 0) is 27.7 Å². The van der Waals surface area contributed by atoms with Crippen LogP contribution in [0.25, 0.3) is 0 Å². The number of aromatic nitrogens is 4. The van der Waals surface area contributed by atoms with Gasteiger partial charge in [0, 0.05) is 9.75 Å². The van der Waals surface area contributed by atoms with Crippen molar-refractivity contribution in [3.05, 3.63) is 37.6 Å². The van der Waals surface area contributed by atoms with Crippen LogP contribution in [0.2, 0.25) is 0 Å². The van der Waals surface area contributed by atoms with Gasteiger partial charge in [0.05, 0.1) is 16.3 Å². The maximum atomic E-state index is 11.6. The van der Waals surface area contributed by atoms with Crippen molar-refractivity contribution in [2.24, 2.45) is 0 Å². The fourth-order valence-corrected chi connectivity index (χ4v) is 3.62. The molecule has 0 aromatic carbocycles. The predicted molar refractivity (Wildman–Crippen MR) is 98.4 cm³/mol. The molecular formula is C14H15N7O2S2. The summed E-state index contributed by atoms with van der Waals surface area (Å²) in [5.41, 5.74) is 1.49. The van der Waals surface area contributed by atoms with E-state index in [9.17, 15) is 10.1 Å². The summed E-state index contributed by atoms with van der Waals surface area (Å²) in [5, 5.41) is 18.5. The zero-order chi connectivity index (χ0) is 18.1. The Bertz CT molecular complexity index is 845. The van der Waals surface area contributed by atoms with Crippen molar-refractivity contribution in [2.45, 2.75) is 27.7 Å². The molecule has 3 aromatic rings. The minimum Gasteiger partial charge on any atom is -0.310 e. The van der Waals surface area contributed by atoms with Crippen LogP contribution in [-0.4, -0.2) is 24.9 Å². The monoisotopic (exact) mass is 377 g/mol. The van der Waals surface area contributed by atoms with Gasteiger partial charge in [-0.25, -0.2) is 19.9 Å². The third-order valence-electron chi connectivity index (χ3n) is 3.51. The molecule has 3 rings (SSSR count). The molecule has 2 N–H and O–H groups in total. The van der Waals surface area contributed by atoms with Crippen molar-refractivity contribution in [1.29, 1.82) is 0 Å². The maximum absolute atomic E-state index is 11.6. The molecule has 0 saturated carbocycles. The highest BCUT2D eigenvalue weighted by atomic mass is 32.1. The van der Waals surface area contributed by atoms with Crippen molar-refractivity contribution >= 4 is 50.3 Å². The summed E-state index contributed by atoms with van der Waals surface area (Å²) in [7, 11) is 0. The smallest absolute Gasteiger partial charge is 0.310 e. The minimum atomic E-state index is -0.523. The molecule has 25 heavy (non-hydrogen) atoms. The Hall–Kier alpha value is -2.66. The van der Waals surface area contributed by atoms with Gasteiger partial charge < -0.3 is 10.6 Å².